The lowest BCUT2D eigenvalue weighted by Crippen LogP contribution is -2.31. The van der Waals surface area contributed by atoms with Gasteiger partial charge in [0.25, 0.3) is 0 Å². The second-order valence-corrected chi connectivity index (χ2v) is 5.45. The highest BCUT2D eigenvalue weighted by Crippen LogP contribution is 2.02. The summed E-state index contributed by atoms with van der Waals surface area (Å²) < 4.78 is 9.83. The van der Waals surface area contributed by atoms with Crippen molar-refractivity contribution in [2.75, 3.05) is 19.8 Å². The molecule has 0 saturated carbocycles. The van der Waals surface area contributed by atoms with E-state index < -0.39 is 6.09 Å². The Bertz CT molecular complexity index is 441. The van der Waals surface area contributed by atoms with E-state index in [-0.39, 0.29) is 43.6 Å². The molecule has 0 aromatic rings. The summed E-state index contributed by atoms with van der Waals surface area (Å²) >= 11 is 4.81. The third-order valence-electron chi connectivity index (χ3n) is 2.82. The van der Waals surface area contributed by atoms with Crippen LogP contribution in [-0.2, 0) is 19.1 Å². The molecule has 1 aliphatic rings. The van der Waals surface area contributed by atoms with Crippen LogP contribution in [0.15, 0.2) is 0 Å². The molecule has 1 atom stereocenters. The first-order chi connectivity index (χ1) is 10.4. The van der Waals surface area contributed by atoms with Gasteiger partial charge in [-0.2, -0.15) is 0 Å². The molecular formula is C13H21N3O5S. The summed E-state index contributed by atoms with van der Waals surface area (Å²) in [5, 5.41) is 8.10. The highest BCUT2D eigenvalue weighted by atomic mass is 32.1. The van der Waals surface area contributed by atoms with Gasteiger partial charge in [0, 0.05) is 0 Å². The molecule has 0 radical (unpaired) electrons. The molecule has 0 aromatic heterocycles. The van der Waals surface area contributed by atoms with Crippen LogP contribution in [0.1, 0.15) is 26.7 Å². The number of amides is 2. The highest BCUT2D eigenvalue weighted by Gasteiger charge is 2.26. The van der Waals surface area contributed by atoms with E-state index >= 15 is 0 Å². The first-order valence-corrected chi connectivity index (χ1v) is 7.49. The topological polar surface area (TPSA) is 106 Å². The van der Waals surface area contributed by atoms with Gasteiger partial charge in [-0.3, -0.25) is 9.59 Å². The van der Waals surface area contributed by atoms with Gasteiger partial charge < -0.3 is 25.4 Å². The predicted octanol–water partition coefficient (Wildman–Crippen LogP) is 0.0649. The lowest BCUT2D eigenvalue weighted by atomic mass is 10.2. The van der Waals surface area contributed by atoms with Crippen LogP contribution in [0.3, 0.4) is 0 Å². The molecule has 2 amide bonds. The Hall–Kier alpha value is -1.90. The minimum atomic E-state index is -0.583. The molecule has 0 aliphatic carbocycles. The van der Waals surface area contributed by atoms with E-state index in [1.54, 1.807) is 13.8 Å². The molecule has 9 heteroatoms. The Morgan fingerprint density at radius 3 is 2.64 bits per heavy atom. The van der Waals surface area contributed by atoms with Crippen LogP contribution < -0.4 is 16.0 Å². The molecule has 1 fully saturated rings. The van der Waals surface area contributed by atoms with Crippen LogP contribution in [-0.4, -0.2) is 48.9 Å². The van der Waals surface area contributed by atoms with Crippen LogP contribution in [0, 0.1) is 5.92 Å². The first kappa shape index (κ1) is 18.1. The van der Waals surface area contributed by atoms with Gasteiger partial charge >= 0.3 is 12.1 Å². The number of alkyl carbamates (subject to hydrolysis) is 1. The van der Waals surface area contributed by atoms with Crippen molar-refractivity contribution in [3.05, 3.63) is 0 Å². The van der Waals surface area contributed by atoms with E-state index in [4.69, 9.17) is 21.7 Å². The lowest BCUT2D eigenvalue weighted by molar-refractivity contribution is -0.147. The Labute approximate surface area is 134 Å². The zero-order valence-corrected chi connectivity index (χ0v) is 13.5. The minimum Gasteiger partial charge on any atom is -0.464 e. The molecule has 1 heterocycles. The van der Waals surface area contributed by atoms with Crippen molar-refractivity contribution >= 4 is 35.3 Å². The molecule has 0 aromatic carbocycles. The average molecular weight is 331 g/mol. The van der Waals surface area contributed by atoms with Gasteiger partial charge in [0.15, 0.2) is 5.11 Å². The maximum atomic E-state index is 11.4. The quantitative estimate of drug-likeness (QED) is 0.328. The van der Waals surface area contributed by atoms with Gasteiger partial charge in [-0.15, -0.1) is 0 Å². The number of carbonyl (C=O) groups is 3. The summed E-state index contributed by atoms with van der Waals surface area (Å²) in [5.74, 6) is -0.668. The summed E-state index contributed by atoms with van der Waals surface area (Å²) in [6, 6.07) is -0.366. The van der Waals surface area contributed by atoms with E-state index in [1.165, 1.54) is 0 Å². The normalized spacial score (nSPS) is 17.0. The summed E-state index contributed by atoms with van der Waals surface area (Å²) in [4.78, 5) is 33.9. The molecule has 1 aliphatic heterocycles. The summed E-state index contributed by atoms with van der Waals surface area (Å²) in [7, 11) is 0. The van der Waals surface area contributed by atoms with Crippen LogP contribution in [0.5, 0.6) is 0 Å². The average Bonchev–Trinajstić information content (AvgIpc) is 2.77. The van der Waals surface area contributed by atoms with E-state index in [2.05, 4.69) is 16.0 Å². The zero-order chi connectivity index (χ0) is 16.5. The maximum absolute atomic E-state index is 11.4. The summed E-state index contributed by atoms with van der Waals surface area (Å²) in [5.41, 5.74) is 0. The number of thiocarbonyl (C=S) groups is 1. The monoisotopic (exact) mass is 331 g/mol. The summed E-state index contributed by atoms with van der Waals surface area (Å²) in [6.07, 6.45) is 0.467. The van der Waals surface area contributed by atoms with Gasteiger partial charge in [0.1, 0.15) is 12.6 Å². The molecule has 0 bridgehead atoms. The molecule has 3 N–H and O–H groups in total. The lowest BCUT2D eigenvalue weighted by Gasteiger charge is -2.10. The second kappa shape index (κ2) is 9.19. The van der Waals surface area contributed by atoms with Gasteiger partial charge in [-0.25, -0.2) is 4.79 Å². The molecule has 1 rings (SSSR count). The molecule has 22 heavy (non-hydrogen) atoms. The second-order valence-electron chi connectivity index (χ2n) is 5.04. The maximum Gasteiger partial charge on any atom is 0.407 e. The van der Waals surface area contributed by atoms with Crippen molar-refractivity contribution in [3.8, 4) is 0 Å². The largest absolute Gasteiger partial charge is 0.464 e. The van der Waals surface area contributed by atoms with Crippen molar-refractivity contribution in [2.24, 2.45) is 5.92 Å². The number of hydrogen-bond donors (Lipinski definition) is 3. The Balaban J connectivity index is 2.01. The van der Waals surface area contributed by atoms with E-state index in [1.807, 2.05) is 0 Å². The molecular weight excluding hydrogens is 310 g/mol. The fourth-order valence-corrected chi connectivity index (χ4v) is 1.88. The van der Waals surface area contributed by atoms with Crippen molar-refractivity contribution in [1.29, 1.82) is 0 Å². The van der Waals surface area contributed by atoms with Gasteiger partial charge in [0.05, 0.1) is 19.1 Å². The van der Waals surface area contributed by atoms with Gasteiger partial charge in [-0.1, -0.05) is 13.8 Å². The Morgan fingerprint density at radius 2 is 2.05 bits per heavy atom. The molecule has 1 saturated heterocycles. The molecule has 8 nitrogen and oxygen atoms in total. The van der Waals surface area contributed by atoms with Crippen LogP contribution in [0.25, 0.3) is 0 Å². The number of ether oxygens (including phenoxy) is 2. The number of carbonyl (C=O) groups excluding carboxylic acids is 3. The Morgan fingerprint density at radius 1 is 1.32 bits per heavy atom. The van der Waals surface area contributed by atoms with Crippen molar-refractivity contribution in [2.45, 2.75) is 32.7 Å². The molecule has 0 spiro atoms. The highest BCUT2D eigenvalue weighted by molar-refractivity contribution is 7.80. The van der Waals surface area contributed by atoms with Crippen molar-refractivity contribution in [3.63, 3.8) is 0 Å². The number of hydrogen-bond acceptors (Lipinski definition) is 6. The van der Waals surface area contributed by atoms with Crippen LogP contribution in [0.2, 0.25) is 0 Å². The SMILES string of the molecule is CC(C)C(=O)OCCNC(=O)OCCCC1NC(=S)NC1=O. The van der Waals surface area contributed by atoms with Crippen LogP contribution >= 0.6 is 12.2 Å². The fraction of sp³-hybridized carbons (Fsp3) is 0.692. The molecule has 124 valence electrons. The summed E-state index contributed by atoms with van der Waals surface area (Å²) in [6.45, 7) is 3.95. The number of rotatable bonds is 8. The first-order valence-electron chi connectivity index (χ1n) is 7.08. The minimum absolute atomic E-state index is 0.107. The van der Waals surface area contributed by atoms with Gasteiger partial charge in [0.2, 0.25) is 5.91 Å². The third-order valence-corrected chi connectivity index (χ3v) is 3.04. The number of nitrogens with one attached hydrogen (secondary N) is 3. The van der Waals surface area contributed by atoms with Crippen LogP contribution in [0.4, 0.5) is 4.79 Å². The van der Waals surface area contributed by atoms with Crippen molar-refractivity contribution in [1.82, 2.24) is 16.0 Å². The standard InChI is InChI=1S/C13H21N3O5S/c1-8(2)11(18)20-7-5-14-13(19)21-6-3-4-9-10(17)16-12(22)15-9/h8-9H,3-7H2,1-2H3,(H,14,19)(H2,15,16,17,22). The zero-order valence-electron chi connectivity index (χ0n) is 12.6. The van der Waals surface area contributed by atoms with Crippen molar-refractivity contribution < 1.29 is 23.9 Å². The third kappa shape index (κ3) is 6.70. The van der Waals surface area contributed by atoms with Gasteiger partial charge in [-0.05, 0) is 25.1 Å². The van der Waals surface area contributed by atoms with E-state index in [0.717, 1.165) is 0 Å². The smallest absolute Gasteiger partial charge is 0.407 e. The van der Waals surface area contributed by atoms with E-state index in [9.17, 15) is 14.4 Å². The fourth-order valence-electron chi connectivity index (χ4n) is 1.64. The van der Waals surface area contributed by atoms with E-state index in [0.29, 0.717) is 18.0 Å². The molecule has 1 unspecified atom stereocenters. The number of esters is 1. The Kier molecular flexibility index (Phi) is 7.58. The predicted molar refractivity (Wildman–Crippen MR) is 82.0 cm³/mol.